The van der Waals surface area contributed by atoms with Crippen molar-refractivity contribution < 1.29 is 4.43 Å². The zero-order chi connectivity index (χ0) is 28.4. The van der Waals surface area contributed by atoms with Gasteiger partial charge in [-0.2, -0.15) is 10.5 Å². The number of thiazole rings is 1. The molecule has 3 aromatic rings. The molecule has 204 valence electrons. The summed E-state index contributed by atoms with van der Waals surface area (Å²) in [5.74, 6) is 0.812. The SMILES string of the molecule is CC(C)(C)[Si](C)(C)O[C@H]1CC[C@H](c2c(C#N)c(N)nc(SCc3csc(-c4ccc(Cl)cc4)n3)c2C#N)CC1. The number of halogens is 1. The quantitative estimate of drug-likeness (QED) is 0.215. The van der Waals surface area contributed by atoms with Gasteiger partial charge in [0, 0.05) is 27.8 Å². The zero-order valence-electron chi connectivity index (χ0n) is 23.0. The van der Waals surface area contributed by atoms with Crippen molar-refractivity contribution in [3.05, 3.63) is 57.1 Å². The van der Waals surface area contributed by atoms with Crippen molar-refractivity contribution in [1.82, 2.24) is 9.97 Å². The van der Waals surface area contributed by atoms with E-state index in [2.05, 4.69) is 51.0 Å². The van der Waals surface area contributed by atoms with E-state index < -0.39 is 8.32 Å². The Balaban J connectivity index is 1.52. The number of nitrogens with zero attached hydrogens (tertiary/aromatic N) is 4. The van der Waals surface area contributed by atoms with E-state index in [0.29, 0.717) is 26.9 Å². The number of rotatable bonds is 7. The number of hydrogen-bond acceptors (Lipinski definition) is 8. The van der Waals surface area contributed by atoms with Crippen molar-refractivity contribution in [2.75, 3.05) is 5.73 Å². The minimum absolute atomic E-state index is 0.0778. The molecule has 10 heteroatoms. The van der Waals surface area contributed by atoms with Gasteiger partial charge in [0.25, 0.3) is 0 Å². The summed E-state index contributed by atoms with van der Waals surface area (Å²) in [5, 5.41) is 24.5. The number of anilines is 1. The zero-order valence-corrected chi connectivity index (χ0v) is 26.4. The van der Waals surface area contributed by atoms with E-state index in [1.807, 2.05) is 29.6 Å². The molecular weight excluding hydrogens is 562 g/mol. The Kier molecular flexibility index (Phi) is 9.10. The Morgan fingerprint density at radius 2 is 1.72 bits per heavy atom. The highest BCUT2D eigenvalue weighted by Crippen LogP contribution is 2.44. The van der Waals surface area contributed by atoms with Crippen molar-refractivity contribution in [3.63, 3.8) is 0 Å². The average molecular weight is 596 g/mol. The summed E-state index contributed by atoms with van der Waals surface area (Å²) < 4.78 is 6.67. The largest absolute Gasteiger partial charge is 0.414 e. The third kappa shape index (κ3) is 6.67. The normalized spacial score (nSPS) is 17.9. The highest BCUT2D eigenvalue weighted by molar-refractivity contribution is 7.98. The summed E-state index contributed by atoms with van der Waals surface area (Å²) in [7, 11) is -1.86. The number of pyridine rings is 1. The van der Waals surface area contributed by atoms with E-state index in [1.165, 1.54) is 11.8 Å². The monoisotopic (exact) mass is 595 g/mol. The van der Waals surface area contributed by atoms with Crippen LogP contribution < -0.4 is 5.73 Å². The first kappa shape index (κ1) is 29.6. The first-order valence-electron chi connectivity index (χ1n) is 13.1. The van der Waals surface area contributed by atoms with E-state index >= 15 is 0 Å². The van der Waals surface area contributed by atoms with Crippen LogP contribution in [0.4, 0.5) is 5.82 Å². The van der Waals surface area contributed by atoms with Gasteiger partial charge in [0.15, 0.2) is 8.32 Å². The maximum atomic E-state index is 10.2. The second-order valence-electron chi connectivity index (χ2n) is 11.5. The Labute approximate surface area is 245 Å². The van der Waals surface area contributed by atoms with Gasteiger partial charge in [-0.15, -0.1) is 11.3 Å². The van der Waals surface area contributed by atoms with Crippen LogP contribution in [-0.4, -0.2) is 24.4 Å². The van der Waals surface area contributed by atoms with Gasteiger partial charge < -0.3 is 10.2 Å². The van der Waals surface area contributed by atoms with Gasteiger partial charge in [0.1, 0.15) is 28.0 Å². The molecule has 0 spiro atoms. The van der Waals surface area contributed by atoms with Crippen LogP contribution in [-0.2, 0) is 10.2 Å². The van der Waals surface area contributed by atoms with E-state index in [4.69, 9.17) is 26.7 Å². The van der Waals surface area contributed by atoms with Crippen LogP contribution in [0.1, 0.15) is 74.8 Å². The van der Waals surface area contributed by atoms with Gasteiger partial charge in [0.05, 0.1) is 16.8 Å². The van der Waals surface area contributed by atoms with Crippen molar-refractivity contribution in [3.8, 4) is 22.7 Å². The molecule has 2 aromatic heterocycles. The fraction of sp³-hybridized carbons (Fsp3) is 0.448. The first-order chi connectivity index (χ1) is 18.4. The molecule has 0 radical (unpaired) electrons. The molecular formula is C29H34ClN5OS2Si. The molecule has 0 aliphatic heterocycles. The third-order valence-corrected chi connectivity index (χ3v) is 14.5. The lowest BCUT2D eigenvalue weighted by atomic mass is 9.79. The molecule has 0 bridgehead atoms. The smallest absolute Gasteiger partial charge is 0.192 e. The van der Waals surface area contributed by atoms with Crippen molar-refractivity contribution in [1.29, 1.82) is 10.5 Å². The van der Waals surface area contributed by atoms with E-state index in [-0.39, 0.29) is 22.9 Å². The highest BCUT2D eigenvalue weighted by Gasteiger charge is 2.40. The Bertz CT molecular complexity index is 1410. The standard InChI is InChI=1S/C29H34ClN5OS2Si/c1-29(2,3)39(4,5)36-22-12-8-18(9-13-22)25-23(14-31)26(33)35-28(24(25)15-32)38-17-21-16-37-27(34-21)19-6-10-20(30)11-7-19/h6-7,10-11,16,18,22H,8-9,12-13,17H2,1-5H3,(H2,33,35)/t18-,22-. The molecule has 39 heavy (non-hydrogen) atoms. The molecule has 1 aromatic carbocycles. The van der Waals surface area contributed by atoms with Gasteiger partial charge in [0.2, 0.25) is 0 Å². The molecule has 0 amide bonds. The second-order valence-corrected chi connectivity index (χ2v) is 18.5. The first-order valence-corrected chi connectivity index (χ1v) is 18.2. The van der Waals surface area contributed by atoms with Gasteiger partial charge >= 0.3 is 0 Å². The minimum atomic E-state index is -1.86. The summed E-state index contributed by atoms with van der Waals surface area (Å²) in [5.41, 5.74) is 9.74. The van der Waals surface area contributed by atoms with Gasteiger partial charge in [-0.3, -0.25) is 0 Å². The summed E-state index contributed by atoms with van der Waals surface area (Å²) in [4.78, 5) is 9.24. The average Bonchev–Trinajstić information content (AvgIpc) is 3.36. The number of benzene rings is 1. The molecule has 0 atom stereocenters. The molecule has 0 unspecified atom stereocenters. The van der Waals surface area contributed by atoms with Gasteiger partial charge in [-0.25, -0.2) is 9.97 Å². The Morgan fingerprint density at radius 1 is 1.08 bits per heavy atom. The summed E-state index contributed by atoms with van der Waals surface area (Å²) in [6.07, 6.45) is 3.73. The lowest BCUT2D eigenvalue weighted by molar-refractivity contribution is 0.130. The number of nitriles is 2. The van der Waals surface area contributed by atoms with Crippen molar-refractivity contribution >= 4 is 48.8 Å². The van der Waals surface area contributed by atoms with Crippen molar-refractivity contribution in [2.24, 2.45) is 0 Å². The molecule has 0 saturated heterocycles. The van der Waals surface area contributed by atoms with Crippen LogP contribution in [0.3, 0.4) is 0 Å². The maximum Gasteiger partial charge on any atom is 0.192 e. The number of nitrogen functional groups attached to an aromatic ring is 1. The maximum absolute atomic E-state index is 10.2. The van der Waals surface area contributed by atoms with Crippen LogP contribution in [0.25, 0.3) is 10.6 Å². The van der Waals surface area contributed by atoms with Crippen molar-refractivity contribution in [2.45, 2.75) is 87.4 Å². The minimum Gasteiger partial charge on any atom is -0.414 e. The van der Waals surface area contributed by atoms with Crippen LogP contribution in [0, 0.1) is 22.7 Å². The van der Waals surface area contributed by atoms with Crippen LogP contribution in [0.2, 0.25) is 23.2 Å². The number of hydrogen-bond donors (Lipinski definition) is 1. The molecule has 4 rings (SSSR count). The highest BCUT2D eigenvalue weighted by atomic mass is 35.5. The van der Waals surface area contributed by atoms with Crippen LogP contribution in [0.15, 0.2) is 34.7 Å². The molecule has 2 heterocycles. The lowest BCUT2D eigenvalue weighted by Crippen LogP contribution is -2.44. The predicted molar refractivity (Wildman–Crippen MR) is 163 cm³/mol. The van der Waals surface area contributed by atoms with Crippen LogP contribution >= 0.6 is 34.7 Å². The molecule has 1 fully saturated rings. The predicted octanol–water partition coefficient (Wildman–Crippen LogP) is 8.52. The molecule has 6 nitrogen and oxygen atoms in total. The summed E-state index contributed by atoms with van der Waals surface area (Å²) in [6.45, 7) is 11.3. The topological polar surface area (TPSA) is 109 Å². The molecule has 1 aliphatic rings. The third-order valence-electron chi connectivity index (χ3n) is 7.80. The van der Waals surface area contributed by atoms with Gasteiger partial charge in [-0.05, 0) is 67.4 Å². The molecule has 1 saturated carbocycles. The molecule has 2 N–H and O–H groups in total. The number of nitrogens with two attached hydrogens (primary N) is 1. The van der Waals surface area contributed by atoms with Crippen LogP contribution in [0.5, 0.6) is 0 Å². The van der Waals surface area contributed by atoms with E-state index in [0.717, 1.165) is 47.5 Å². The molecule has 1 aliphatic carbocycles. The number of thioether (sulfide) groups is 1. The number of aromatic nitrogens is 2. The van der Waals surface area contributed by atoms with Gasteiger partial charge in [-0.1, -0.05) is 56.3 Å². The summed E-state index contributed by atoms with van der Waals surface area (Å²) in [6, 6.07) is 12.2. The Hall–Kier alpha value is -2.40. The van der Waals surface area contributed by atoms with E-state index in [9.17, 15) is 10.5 Å². The fourth-order valence-corrected chi connectivity index (χ4v) is 8.02. The van der Waals surface area contributed by atoms with E-state index in [1.54, 1.807) is 11.3 Å². The Morgan fingerprint density at radius 3 is 2.31 bits per heavy atom. The fourth-order valence-electron chi connectivity index (χ4n) is 4.64. The summed E-state index contributed by atoms with van der Waals surface area (Å²) >= 11 is 9.02. The second kappa shape index (κ2) is 12.0. The lowest BCUT2D eigenvalue weighted by Gasteiger charge is -2.41.